The summed E-state index contributed by atoms with van der Waals surface area (Å²) < 4.78 is 5.07. The van der Waals surface area contributed by atoms with Crippen molar-refractivity contribution in [2.24, 2.45) is 17.8 Å². The molecule has 0 aromatic heterocycles. The quantitative estimate of drug-likeness (QED) is 0.685. The monoisotopic (exact) mass is 239 g/mol. The third-order valence-corrected chi connectivity index (χ3v) is 3.81. The molecule has 0 aromatic rings. The summed E-state index contributed by atoms with van der Waals surface area (Å²) in [6, 6.07) is 0. The smallest absolute Gasteiger partial charge is 0.227 e. The molecule has 1 saturated heterocycles. The van der Waals surface area contributed by atoms with Crippen molar-refractivity contribution < 1.29 is 19.1 Å². The van der Waals surface area contributed by atoms with E-state index in [2.05, 4.69) is 5.32 Å². The fourth-order valence-corrected chi connectivity index (χ4v) is 2.87. The Morgan fingerprint density at radius 2 is 1.94 bits per heavy atom. The van der Waals surface area contributed by atoms with Gasteiger partial charge in [-0.05, 0) is 18.3 Å². The van der Waals surface area contributed by atoms with Crippen molar-refractivity contribution in [2.45, 2.75) is 25.9 Å². The minimum atomic E-state index is -0.608. The predicted octanol–water partition coefficient (Wildman–Crippen LogP) is -0.0683. The van der Waals surface area contributed by atoms with Gasteiger partial charge in [0.1, 0.15) is 6.10 Å². The number of ether oxygens (including phenoxy) is 1. The number of nitrogens with one attached hydrogen (secondary N) is 1. The molecule has 2 aliphatic rings. The first-order valence-electron chi connectivity index (χ1n) is 5.92. The summed E-state index contributed by atoms with van der Waals surface area (Å²) in [4.78, 5) is 35.0. The minimum Gasteiger partial charge on any atom is -0.373 e. The van der Waals surface area contributed by atoms with Crippen LogP contribution in [-0.2, 0) is 19.1 Å². The number of rotatable bonds is 2. The Morgan fingerprint density at radius 1 is 1.24 bits per heavy atom. The molecule has 4 unspecified atom stereocenters. The van der Waals surface area contributed by atoms with E-state index in [9.17, 15) is 14.4 Å². The van der Waals surface area contributed by atoms with Gasteiger partial charge in [-0.15, -0.1) is 0 Å². The number of Topliss-reactive ketones (excluding diaryl/α,β-unsaturated/α-hetero) is 2. The molecule has 1 amide bonds. The number of carbonyl (C=O) groups is 3. The zero-order chi connectivity index (χ0) is 12.6. The Hall–Kier alpha value is -1.23. The highest BCUT2D eigenvalue weighted by Gasteiger charge is 2.45. The number of amides is 1. The lowest BCUT2D eigenvalue weighted by Gasteiger charge is -2.33. The first-order chi connectivity index (χ1) is 8.04. The molecule has 1 aliphatic carbocycles. The lowest BCUT2D eigenvalue weighted by Crippen LogP contribution is -2.47. The molecule has 5 heteroatoms. The fourth-order valence-electron chi connectivity index (χ4n) is 2.87. The summed E-state index contributed by atoms with van der Waals surface area (Å²) in [5.41, 5.74) is 0. The van der Waals surface area contributed by atoms with Gasteiger partial charge in [0.05, 0.1) is 0 Å². The van der Waals surface area contributed by atoms with Crippen molar-refractivity contribution in [3.8, 4) is 0 Å². The Bertz CT molecular complexity index is 366. The van der Waals surface area contributed by atoms with Gasteiger partial charge in [-0.25, -0.2) is 0 Å². The second-order valence-corrected chi connectivity index (χ2v) is 4.97. The standard InChI is InChI=1S/C12H17NO4/c1-6-3-8(7-4-9(14)13-5-7)10(15)11(16)12(6)17-2/h6-8,12H,3-5H2,1-2H3,(H,13,14). The number of methoxy groups -OCH3 is 1. The zero-order valence-corrected chi connectivity index (χ0v) is 10.1. The van der Waals surface area contributed by atoms with Gasteiger partial charge in [-0.2, -0.15) is 0 Å². The summed E-state index contributed by atoms with van der Waals surface area (Å²) in [6.07, 6.45) is 0.375. The van der Waals surface area contributed by atoms with Gasteiger partial charge in [0, 0.05) is 26.0 Å². The Labute approximate surface area is 99.9 Å². The average Bonchev–Trinajstić information content (AvgIpc) is 2.71. The molecule has 1 saturated carbocycles. The maximum atomic E-state index is 12.0. The SMILES string of the molecule is COC1C(=O)C(=O)C(C2CNC(=O)C2)CC1C. The maximum absolute atomic E-state index is 12.0. The highest BCUT2D eigenvalue weighted by Crippen LogP contribution is 2.33. The van der Waals surface area contributed by atoms with Crippen LogP contribution in [0.3, 0.4) is 0 Å². The van der Waals surface area contributed by atoms with E-state index in [1.165, 1.54) is 7.11 Å². The third kappa shape index (κ3) is 2.11. The molecule has 5 nitrogen and oxygen atoms in total. The highest BCUT2D eigenvalue weighted by atomic mass is 16.5. The van der Waals surface area contributed by atoms with Crippen LogP contribution in [0.1, 0.15) is 19.8 Å². The molecule has 94 valence electrons. The van der Waals surface area contributed by atoms with Crippen LogP contribution in [0.2, 0.25) is 0 Å². The van der Waals surface area contributed by atoms with Gasteiger partial charge in [-0.3, -0.25) is 14.4 Å². The Morgan fingerprint density at radius 3 is 2.47 bits per heavy atom. The maximum Gasteiger partial charge on any atom is 0.227 e. The Kier molecular flexibility index (Phi) is 3.28. The second-order valence-electron chi connectivity index (χ2n) is 4.97. The van der Waals surface area contributed by atoms with Crippen LogP contribution in [0, 0.1) is 17.8 Å². The summed E-state index contributed by atoms with van der Waals surface area (Å²) in [7, 11) is 1.45. The van der Waals surface area contributed by atoms with E-state index in [-0.39, 0.29) is 29.4 Å². The van der Waals surface area contributed by atoms with E-state index in [1.807, 2.05) is 6.92 Å². The van der Waals surface area contributed by atoms with Gasteiger partial charge in [0.15, 0.2) is 0 Å². The van der Waals surface area contributed by atoms with Crippen molar-refractivity contribution in [2.75, 3.05) is 13.7 Å². The molecule has 1 aliphatic heterocycles. The van der Waals surface area contributed by atoms with Gasteiger partial charge in [-0.1, -0.05) is 6.92 Å². The molecule has 4 atom stereocenters. The first-order valence-corrected chi connectivity index (χ1v) is 5.92. The lowest BCUT2D eigenvalue weighted by atomic mass is 9.72. The molecule has 0 spiro atoms. The molecule has 1 heterocycles. The minimum absolute atomic E-state index is 0.0285. The largest absolute Gasteiger partial charge is 0.373 e. The van der Waals surface area contributed by atoms with E-state index >= 15 is 0 Å². The highest BCUT2D eigenvalue weighted by molar-refractivity contribution is 6.40. The van der Waals surface area contributed by atoms with Crippen molar-refractivity contribution in [3.05, 3.63) is 0 Å². The first kappa shape index (κ1) is 12.2. The third-order valence-electron chi connectivity index (χ3n) is 3.81. The van der Waals surface area contributed by atoms with E-state index in [4.69, 9.17) is 4.74 Å². The van der Waals surface area contributed by atoms with Gasteiger partial charge < -0.3 is 10.1 Å². The summed E-state index contributed by atoms with van der Waals surface area (Å²) in [5.74, 6) is -1.14. The zero-order valence-electron chi connectivity index (χ0n) is 10.1. The topological polar surface area (TPSA) is 72.5 Å². The molecular formula is C12H17NO4. The van der Waals surface area contributed by atoms with Crippen LogP contribution >= 0.6 is 0 Å². The van der Waals surface area contributed by atoms with E-state index in [0.717, 1.165) is 0 Å². The van der Waals surface area contributed by atoms with E-state index in [1.54, 1.807) is 0 Å². The van der Waals surface area contributed by atoms with Gasteiger partial charge >= 0.3 is 0 Å². The second kappa shape index (κ2) is 4.56. The molecule has 2 fully saturated rings. The number of hydrogen-bond acceptors (Lipinski definition) is 4. The summed E-state index contributed by atoms with van der Waals surface area (Å²) in [6.45, 7) is 2.42. The lowest BCUT2D eigenvalue weighted by molar-refractivity contribution is -0.152. The molecular weight excluding hydrogens is 222 g/mol. The molecule has 1 N–H and O–H groups in total. The summed E-state index contributed by atoms with van der Waals surface area (Å²) >= 11 is 0. The molecule has 17 heavy (non-hydrogen) atoms. The summed E-state index contributed by atoms with van der Waals surface area (Å²) in [5, 5.41) is 2.71. The normalized spacial score (nSPS) is 38.4. The number of hydrogen-bond donors (Lipinski definition) is 1. The predicted molar refractivity (Wildman–Crippen MR) is 59.2 cm³/mol. The molecule has 0 radical (unpaired) electrons. The van der Waals surface area contributed by atoms with Crippen LogP contribution in [0.15, 0.2) is 0 Å². The average molecular weight is 239 g/mol. The van der Waals surface area contributed by atoms with Crippen LogP contribution in [0.4, 0.5) is 0 Å². The van der Waals surface area contributed by atoms with Crippen molar-refractivity contribution in [3.63, 3.8) is 0 Å². The number of carbonyl (C=O) groups excluding carboxylic acids is 3. The fraction of sp³-hybridized carbons (Fsp3) is 0.750. The Balaban J connectivity index is 2.12. The van der Waals surface area contributed by atoms with Crippen LogP contribution in [-0.4, -0.2) is 37.2 Å². The van der Waals surface area contributed by atoms with Crippen LogP contribution in [0.25, 0.3) is 0 Å². The number of ketones is 2. The van der Waals surface area contributed by atoms with Gasteiger partial charge in [0.25, 0.3) is 0 Å². The molecule has 2 rings (SSSR count). The molecule has 0 aromatic carbocycles. The van der Waals surface area contributed by atoms with Crippen LogP contribution < -0.4 is 5.32 Å². The van der Waals surface area contributed by atoms with Crippen molar-refractivity contribution in [1.29, 1.82) is 0 Å². The van der Waals surface area contributed by atoms with Crippen LogP contribution in [0.5, 0.6) is 0 Å². The van der Waals surface area contributed by atoms with Crippen molar-refractivity contribution in [1.82, 2.24) is 5.32 Å². The van der Waals surface area contributed by atoms with Gasteiger partial charge in [0.2, 0.25) is 17.5 Å². The van der Waals surface area contributed by atoms with E-state index in [0.29, 0.717) is 19.4 Å². The van der Waals surface area contributed by atoms with E-state index < -0.39 is 11.9 Å². The molecule has 0 bridgehead atoms. The van der Waals surface area contributed by atoms with Crippen molar-refractivity contribution >= 4 is 17.5 Å².